The van der Waals surface area contributed by atoms with Gasteiger partial charge in [-0.2, -0.15) is 0 Å². The fourth-order valence-electron chi connectivity index (χ4n) is 1.32. The lowest BCUT2D eigenvalue weighted by molar-refractivity contribution is 0.313. The second-order valence-electron chi connectivity index (χ2n) is 4.17. The number of likely N-dealkylation sites (N-methyl/N-ethyl adjacent to an activating group) is 2. The van der Waals surface area contributed by atoms with Gasteiger partial charge in [0.25, 0.3) is 0 Å². The van der Waals surface area contributed by atoms with Crippen LogP contribution in [-0.4, -0.2) is 43.8 Å². The van der Waals surface area contributed by atoms with Gasteiger partial charge >= 0.3 is 0 Å². The van der Waals surface area contributed by atoms with Crippen molar-refractivity contribution in [2.45, 2.75) is 34.1 Å². The highest BCUT2D eigenvalue weighted by atomic mass is 15.1. The second-order valence-corrected chi connectivity index (χ2v) is 4.17. The summed E-state index contributed by atoms with van der Waals surface area (Å²) in [5.41, 5.74) is 2.52. The molecule has 0 saturated carbocycles. The molecule has 94 valence electrons. The van der Waals surface area contributed by atoms with Crippen LogP contribution in [0.3, 0.4) is 0 Å². The lowest BCUT2D eigenvalue weighted by Gasteiger charge is -2.20. The van der Waals surface area contributed by atoms with E-state index >= 15 is 0 Å². The van der Waals surface area contributed by atoms with Crippen LogP contribution in [0.25, 0.3) is 0 Å². The molecular formula is C13H27N3. The van der Waals surface area contributed by atoms with Crippen LogP contribution in [0.15, 0.2) is 16.8 Å². The standard InChI is InChI=1S/C13H27N3/c1-6-13(4)15-10-12(3)11-16(7-2)9-8-14-5/h10,14H,6-9,11H2,1-5H3/b12-10+,15-13?. The zero-order valence-corrected chi connectivity index (χ0v) is 11.5. The maximum absolute atomic E-state index is 4.42. The van der Waals surface area contributed by atoms with E-state index in [4.69, 9.17) is 0 Å². The van der Waals surface area contributed by atoms with Crippen molar-refractivity contribution in [1.82, 2.24) is 10.2 Å². The molecule has 0 radical (unpaired) electrons. The lowest BCUT2D eigenvalue weighted by Crippen LogP contribution is -2.31. The predicted molar refractivity (Wildman–Crippen MR) is 73.2 cm³/mol. The molecule has 0 unspecified atom stereocenters. The molecule has 0 fully saturated rings. The zero-order chi connectivity index (χ0) is 12.4. The highest BCUT2D eigenvalue weighted by Crippen LogP contribution is 1.99. The van der Waals surface area contributed by atoms with Crippen molar-refractivity contribution >= 4 is 5.71 Å². The van der Waals surface area contributed by atoms with Crippen LogP contribution in [0.2, 0.25) is 0 Å². The largest absolute Gasteiger partial charge is 0.318 e. The molecule has 0 aliphatic heterocycles. The Bertz CT molecular complexity index is 231. The van der Waals surface area contributed by atoms with E-state index in [1.807, 2.05) is 13.2 Å². The summed E-state index contributed by atoms with van der Waals surface area (Å²) >= 11 is 0. The van der Waals surface area contributed by atoms with E-state index in [0.717, 1.165) is 32.6 Å². The summed E-state index contributed by atoms with van der Waals surface area (Å²) < 4.78 is 0. The van der Waals surface area contributed by atoms with Gasteiger partial charge in [0.15, 0.2) is 0 Å². The fourth-order valence-corrected chi connectivity index (χ4v) is 1.32. The maximum atomic E-state index is 4.42. The molecule has 0 amide bonds. The van der Waals surface area contributed by atoms with Gasteiger partial charge in [0.1, 0.15) is 0 Å². The Labute approximate surface area is 101 Å². The minimum atomic E-state index is 1.01. The first-order chi connectivity index (χ1) is 7.63. The van der Waals surface area contributed by atoms with Crippen molar-refractivity contribution in [2.75, 3.05) is 33.2 Å². The van der Waals surface area contributed by atoms with E-state index < -0.39 is 0 Å². The third-order valence-corrected chi connectivity index (χ3v) is 2.62. The summed E-state index contributed by atoms with van der Waals surface area (Å²) in [6, 6.07) is 0. The third kappa shape index (κ3) is 7.60. The molecule has 3 heteroatoms. The van der Waals surface area contributed by atoms with Crippen LogP contribution in [0.4, 0.5) is 0 Å². The second kappa shape index (κ2) is 9.55. The van der Waals surface area contributed by atoms with Gasteiger partial charge in [-0.05, 0) is 39.4 Å². The van der Waals surface area contributed by atoms with Gasteiger partial charge in [-0.1, -0.05) is 13.8 Å². The summed E-state index contributed by atoms with van der Waals surface area (Å²) in [5.74, 6) is 0. The van der Waals surface area contributed by atoms with Gasteiger partial charge in [0, 0.05) is 31.5 Å². The highest BCUT2D eigenvalue weighted by molar-refractivity contribution is 5.82. The smallest absolute Gasteiger partial charge is 0.0269 e. The molecule has 0 atom stereocenters. The van der Waals surface area contributed by atoms with Crippen molar-refractivity contribution in [3.8, 4) is 0 Å². The summed E-state index contributed by atoms with van der Waals surface area (Å²) in [5, 5.41) is 3.18. The Kier molecular flexibility index (Phi) is 9.15. The van der Waals surface area contributed by atoms with Gasteiger partial charge in [-0.15, -0.1) is 0 Å². The van der Waals surface area contributed by atoms with Crippen LogP contribution in [0, 0.1) is 0 Å². The van der Waals surface area contributed by atoms with Gasteiger partial charge in [-0.3, -0.25) is 9.89 Å². The maximum Gasteiger partial charge on any atom is 0.0269 e. The van der Waals surface area contributed by atoms with E-state index in [1.54, 1.807) is 0 Å². The molecule has 0 aliphatic carbocycles. The topological polar surface area (TPSA) is 27.6 Å². The molecule has 0 aromatic carbocycles. The van der Waals surface area contributed by atoms with E-state index in [-0.39, 0.29) is 0 Å². The minimum absolute atomic E-state index is 1.01. The lowest BCUT2D eigenvalue weighted by atomic mass is 10.3. The number of rotatable bonds is 8. The molecule has 0 saturated heterocycles. The van der Waals surface area contributed by atoms with E-state index in [2.05, 4.69) is 42.9 Å². The summed E-state index contributed by atoms with van der Waals surface area (Å²) in [7, 11) is 1.99. The van der Waals surface area contributed by atoms with Gasteiger partial charge in [0.05, 0.1) is 0 Å². The fraction of sp³-hybridized carbons (Fsp3) is 0.769. The Morgan fingerprint density at radius 2 is 2.00 bits per heavy atom. The molecule has 0 heterocycles. The first kappa shape index (κ1) is 15.3. The Morgan fingerprint density at radius 3 is 2.50 bits per heavy atom. The van der Waals surface area contributed by atoms with Crippen molar-refractivity contribution < 1.29 is 0 Å². The minimum Gasteiger partial charge on any atom is -0.318 e. The average Bonchev–Trinajstić information content (AvgIpc) is 2.31. The third-order valence-electron chi connectivity index (χ3n) is 2.62. The molecule has 16 heavy (non-hydrogen) atoms. The first-order valence-electron chi connectivity index (χ1n) is 6.19. The quantitative estimate of drug-likeness (QED) is 0.642. The molecule has 0 aromatic heterocycles. The number of hydrogen-bond acceptors (Lipinski definition) is 3. The number of nitrogens with one attached hydrogen (secondary N) is 1. The molecule has 0 aromatic rings. The van der Waals surface area contributed by atoms with Gasteiger partial charge in [0.2, 0.25) is 0 Å². The molecule has 0 bridgehead atoms. The van der Waals surface area contributed by atoms with Crippen molar-refractivity contribution in [3.05, 3.63) is 11.8 Å². The van der Waals surface area contributed by atoms with Crippen molar-refractivity contribution in [1.29, 1.82) is 0 Å². The Balaban J connectivity index is 4.12. The average molecular weight is 225 g/mol. The van der Waals surface area contributed by atoms with Gasteiger partial charge < -0.3 is 5.32 Å². The molecular weight excluding hydrogens is 198 g/mol. The zero-order valence-electron chi connectivity index (χ0n) is 11.5. The number of hydrogen-bond donors (Lipinski definition) is 1. The Hall–Kier alpha value is -0.670. The first-order valence-corrected chi connectivity index (χ1v) is 6.19. The predicted octanol–water partition coefficient (Wildman–Crippen LogP) is 2.30. The van der Waals surface area contributed by atoms with E-state index in [1.165, 1.54) is 11.3 Å². The van der Waals surface area contributed by atoms with Crippen molar-refractivity contribution in [2.24, 2.45) is 4.99 Å². The van der Waals surface area contributed by atoms with Crippen LogP contribution in [0.5, 0.6) is 0 Å². The summed E-state index contributed by atoms with van der Waals surface area (Å²) in [6.07, 6.45) is 3.03. The van der Waals surface area contributed by atoms with E-state index in [9.17, 15) is 0 Å². The molecule has 0 aliphatic rings. The number of aliphatic imine (C=N–C) groups is 1. The normalized spacial score (nSPS) is 13.6. The highest BCUT2D eigenvalue weighted by Gasteiger charge is 2.01. The van der Waals surface area contributed by atoms with Crippen LogP contribution in [0.1, 0.15) is 34.1 Å². The molecule has 0 spiro atoms. The summed E-state index contributed by atoms with van der Waals surface area (Å²) in [4.78, 5) is 6.84. The summed E-state index contributed by atoms with van der Waals surface area (Å²) in [6.45, 7) is 12.8. The van der Waals surface area contributed by atoms with E-state index in [0.29, 0.717) is 0 Å². The Morgan fingerprint density at radius 1 is 1.31 bits per heavy atom. The van der Waals surface area contributed by atoms with Gasteiger partial charge in [-0.25, -0.2) is 0 Å². The van der Waals surface area contributed by atoms with Crippen LogP contribution >= 0.6 is 0 Å². The monoisotopic (exact) mass is 225 g/mol. The van der Waals surface area contributed by atoms with Crippen molar-refractivity contribution in [3.63, 3.8) is 0 Å². The van der Waals surface area contributed by atoms with Crippen LogP contribution < -0.4 is 5.32 Å². The molecule has 3 nitrogen and oxygen atoms in total. The molecule has 0 rings (SSSR count). The number of nitrogens with zero attached hydrogens (tertiary/aromatic N) is 2. The SMILES string of the molecule is CCC(C)=N/C=C(\C)CN(CC)CCNC. The molecule has 1 N–H and O–H groups in total. The van der Waals surface area contributed by atoms with Crippen LogP contribution in [-0.2, 0) is 0 Å².